The van der Waals surface area contributed by atoms with Crippen LogP contribution < -0.4 is 5.32 Å². The Bertz CT molecular complexity index is 113. The zero-order valence-corrected chi connectivity index (χ0v) is 9.93. The summed E-state index contributed by atoms with van der Waals surface area (Å²) in [5.74, 6) is 0.849. The van der Waals surface area contributed by atoms with Gasteiger partial charge in [-0.1, -0.05) is 20.3 Å². The second kappa shape index (κ2) is 7.34. The van der Waals surface area contributed by atoms with E-state index in [2.05, 4.69) is 45.1 Å². The highest BCUT2D eigenvalue weighted by atomic mass is 15.1. The van der Waals surface area contributed by atoms with Crippen LogP contribution in [0.15, 0.2) is 0 Å². The molecule has 0 aromatic rings. The average molecular weight is 186 g/mol. The van der Waals surface area contributed by atoms with Crippen LogP contribution in [0.1, 0.15) is 33.6 Å². The highest BCUT2D eigenvalue weighted by molar-refractivity contribution is 4.64. The van der Waals surface area contributed by atoms with Crippen LogP contribution in [0.3, 0.4) is 0 Å². The molecule has 0 aliphatic heterocycles. The van der Waals surface area contributed by atoms with E-state index in [1.165, 1.54) is 12.8 Å². The van der Waals surface area contributed by atoms with E-state index >= 15 is 0 Å². The minimum absolute atomic E-state index is 0.662. The average Bonchev–Trinajstić information content (AvgIpc) is 2.03. The van der Waals surface area contributed by atoms with E-state index in [0.717, 1.165) is 19.0 Å². The fourth-order valence-corrected chi connectivity index (χ4v) is 1.39. The molecule has 0 saturated heterocycles. The number of likely N-dealkylation sites (N-methyl/N-ethyl adjacent to an activating group) is 1. The number of hydrogen-bond acceptors (Lipinski definition) is 2. The maximum atomic E-state index is 3.54. The minimum atomic E-state index is 0.662. The second-order valence-electron chi connectivity index (χ2n) is 4.41. The van der Waals surface area contributed by atoms with Crippen molar-refractivity contribution in [1.82, 2.24) is 10.2 Å². The highest BCUT2D eigenvalue weighted by Gasteiger charge is 2.05. The number of nitrogens with one attached hydrogen (secondary N) is 1. The van der Waals surface area contributed by atoms with E-state index in [4.69, 9.17) is 0 Å². The first kappa shape index (κ1) is 12.9. The molecule has 0 aromatic heterocycles. The standard InChI is InChI=1S/C11H26N2/c1-6-10(2)9-11(3)12-7-8-13(4)5/h10-12H,6-9H2,1-5H3. The summed E-state index contributed by atoms with van der Waals surface area (Å²) in [6, 6.07) is 0.662. The molecule has 0 rings (SSSR count). The van der Waals surface area contributed by atoms with E-state index in [1.807, 2.05) is 0 Å². The summed E-state index contributed by atoms with van der Waals surface area (Å²) in [5, 5.41) is 3.54. The molecule has 0 aliphatic carbocycles. The van der Waals surface area contributed by atoms with Crippen molar-refractivity contribution in [2.24, 2.45) is 5.92 Å². The zero-order valence-electron chi connectivity index (χ0n) is 9.93. The van der Waals surface area contributed by atoms with Crippen molar-refractivity contribution in [3.8, 4) is 0 Å². The summed E-state index contributed by atoms with van der Waals surface area (Å²) in [5.41, 5.74) is 0. The van der Waals surface area contributed by atoms with Gasteiger partial charge in [0.05, 0.1) is 0 Å². The molecular formula is C11H26N2. The highest BCUT2D eigenvalue weighted by Crippen LogP contribution is 2.08. The number of hydrogen-bond donors (Lipinski definition) is 1. The third-order valence-corrected chi connectivity index (χ3v) is 2.50. The molecule has 2 atom stereocenters. The third-order valence-electron chi connectivity index (χ3n) is 2.50. The van der Waals surface area contributed by atoms with Crippen LogP contribution in [-0.4, -0.2) is 38.1 Å². The SMILES string of the molecule is CCC(C)CC(C)NCCN(C)C. The van der Waals surface area contributed by atoms with Gasteiger partial charge in [0.1, 0.15) is 0 Å². The largest absolute Gasteiger partial charge is 0.313 e. The van der Waals surface area contributed by atoms with E-state index in [-0.39, 0.29) is 0 Å². The van der Waals surface area contributed by atoms with Gasteiger partial charge >= 0.3 is 0 Å². The van der Waals surface area contributed by atoms with Crippen molar-refractivity contribution in [3.05, 3.63) is 0 Å². The first-order valence-corrected chi connectivity index (χ1v) is 5.44. The van der Waals surface area contributed by atoms with Gasteiger partial charge in [-0.05, 0) is 33.4 Å². The van der Waals surface area contributed by atoms with Crippen molar-refractivity contribution in [2.45, 2.75) is 39.7 Å². The van der Waals surface area contributed by atoms with Crippen LogP contribution in [0.2, 0.25) is 0 Å². The second-order valence-corrected chi connectivity index (χ2v) is 4.41. The summed E-state index contributed by atoms with van der Waals surface area (Å²) in [6.07, 6.45) is 2.59. The molecule has 0 saturated carbocycles. The first-order chi connectivity index (χ1) is 6.06. The van der Waals surface area contributed by atoms with Crippen LogP contribution in [0.4, 0.5) is 0 Å². The Labute approximate surface area is 83.7 Å². The lowest BCUT2D eigenvalue weighted by Gasteiger charge is -2.18. The maximum absolute atomic E-state index is 3.54. The summed E-state index contributed by atoms with van der Waals surface area (Å²) in [7, 11) is 4.22. The Kier molecular flexibility index (Phi) is 7.29. The Morgan fingerprint density at radius 2 is 1.85 bits per heavy atom. The van der Waals surface area contributed by atoms with Gasteiger partial charge in [-0.25, -0.2) is 0 Å². The molecule has 0 aliphatic rings. The van der Waals surface area contributed by atoms with Crippen LogP contribution >= 0.6 is 0 Å². The molecule has 80 valence electrons. The fourth-order valence-electron chi connectivity index (χ4n) is 1.39. The van der Waals surface area contributed by atoms with Gasteiger partial charge < -0.3 is 10.2 Å². The smallest absolute Gasteiger partial charge is 0.0101 e. The van der Waals surface area contributed by atoms with Crippen molar-refractivity contribution >= 4 is 0 Å². The van der Waals surface area contributed by atoms with Gasteiger partial charge in [-0.3, -0.25) is 0 Å². The molecule has 2 nitrogen and oxygen atoms in total. The normalized spacial score (nSPS) is 16.2. The molecule has 0 heterocycles. The van der Waals surface area contributed by atoms with Crippen molar-refractivity contribution in [1.29, 1.82) is 0 Å². The van der Waals surface area contributed by atoms with Crippen LogP contribution in [0, 0.1) is 5.92 Å². The lowest BCUT2D eigenvalue weighted by molar-refractivity contribution is 0.363. The van der Waals surface area contributed by atoms with Crippen LogP contribution in [-0.2, 0) is 0 Å². The van der Waals surface area contributed by atoms with Gasteiger partial charge in [0.25, 0.3) is 0 Å². The van der Waals surface area contributed by atoms with Gasteiger partial charge in [0, 0.05) is 19.1 Å². The molecule has 13 heavy (non-hydrogen) atoms. The lowest BCUT2D eigenvalue weighted by Crippen LogP contribution is -2.33. The van der Waals surface area contributed by atoms with Crippen molar-refractivity contribution in [2.75, 3.05) is 27.2 Å². The molecular weight excluding hydrogens is 160 g/mol. The van der Waals surface area contributed by atoms with E-state index in [0.29, 0.717) is 6.04 Å². The van der Waals surface area contributed by atoms with Gasteiger partial charge in [0.15, 0.2) is 0 Å². The van der Waals surface area contributed by atoms with E-state index in [1.54, 1.807) is 0 Å². The monoisotopic (exact) mass is 186 g/mol. The quantitative estimate of drug-likeness (QED) is 0.654. The Morgan fingerprint density at radius 1 is 1.23 bits per heavy atom. The van der Waals surface area contributed by atoms with E-state index in [9.17, 15) is 0 Å². The molecule has 0 radical (unpaired) electrons. The van der Waals surface area contributed by atoms with Gasteiger partial charge in [0.2, 0.25) is 0 Å². The predicted molar refractivity (Wildman–Crippen MR) is 60.1 cm³/mol. The van der Waals surface area contributed by atoms with E-state index < -0.39 is 0 Å². The van der Waals surface area contributed by atoms with Crippen molar-refractivity contribution in [3.63, 3.8) is 0 Å². The molecule has 0 fully saturated rings. The summed E-state index contributed by atoms with van der Waals surface area (Å²) in [6.45, 7) is 9.10. The number of rotatable bonds is 7. The van der Waals surface area contributed by atoms with Gasteiger partial charge in [-0.15, -0.1) is 0 Å². The summed E-state index contributed by atoms with van der Waals surface area (Å²) >= 11 is 0. The molecule has 2 unspecified atom stereocenters. The first-order valence-electron chi connectivity index (χ1n) is 5.44. The summed E-state index contributed by atoms with van der Waals surface area (Å²) in [4.78, 5) is 2.21. The van der Waals surface area contributed by atoms with Gasteiger partial charge in [-0.2, -0.15) is 0 Å². The molecule has 0 spiro atoms. The van der Waals surface area contributed by atoms with Crippen molar-refractivity contribution < 1.29 is 0 Å². The van der Waals surface area contributed by atoms with Crippen LogP contribution in [0.25, 0.3) is 0 Å². The molecule has 0 amide bonds. The lowest BCUT2D eigenvalue weighted by atomic mass is 10.0. The van der Waals surface area contributed by atoms with Crippen LogP contribution in [0.5, 0.6) is 0 Å². The molecule has 0 bridgehead atoms. The molecule has 0 aromatic carbocycles. The fraction of sp³-hybridized carbons (Fsp3) is 1.00. The summed E-state index contributed by atoms with van der Waals surface area (Å²) < 4.78 is 0. The molecule has 2 heteroatoms. The zero-order chi connectivity index (χ0) is 10.3. The Balaban J connectivity index is 3.34. The number of nitrogens with zero attached hydrogens (tertiary/aromatic N) is 1. The Hall–Kier alpha value is -0.0800. The topological polar surface area (TPSA) is 15.3 Å². The minimum Gasteiger partial charge on any atom is -0.313 e. The molecule has 1 N–H and O–H groups in total. The predicted octanol–water partition coefficient (Wildman–Crippen LogP) is 1.96. The third kappa shape index (κ3) is 8.26. The maximum Gasteiger partial charge on any atom is 0.0101 e. The Morgan fingerprint density at radius 3 is 2.31 bits per heavy atom.